The van der Waals surface area contributed by atoms with Gasteiger partial charge in [-0.25, -0.2) is 19.4 Å². The molecule has 0 radical (unpaired) electrons. The number of aryl methyl sites for hydroxylation is 1. The molecule has 0 saturated carbocycles. The van der Waals surface area contributed by atoms with Crippen LogP contribution in [0.5, 0.6) is 0 Å². The van der Waals surface area contributed by atoms with Crippen molar-refractivity contribution in [2.75, 3.05) is 13.2 Å². The van der Waals surface area contributed by atoms with Crippen LogP contribution in [0.25, 0.3) is 10.6 Å². The van der Waals surface area contributed by atoms with Crippen molar-refractivity contribution in [1.29, 1.82) is 0 Å². The van der Waals surface area contributed by atoms with Gasteiger partial charge in [-0.05, 0) is 37.4 Å². The lowest BCUT2D eigenvalue weighted by atomic mass is 10.0. The minimum atomic E-state index is -0.873. The molecule has 1 aliphatic heterocycles. The molecule has 4 heterocycles. The molecular formula is C21H19N3O6S2. The number of hydrogen-bond acceptors (Lipinski definition) is 9. The molecule has 166 valence electrons. The summed E-state index contributed by atoms with van der Waals surface area (Å²) in [4.78, 5) is 42.4. The number of furan rings is 1. The number of aromatic nitrogens is 1. The Morgan fingerprint density at radius 2 is 2.09 bits per heavy atom. The Morgan fingerprint density at radius 3 is 2.78 bits per heavy atom. The third-order valence-electron chi connectivity index (χ3n) is 4.57. The number of nitrogens with zero attached hydrogens (tertiary/aromatic N) is 1. The van der Waals surface area contributed by atoms with Crippen molar-refractivity contribution < 1.29 is 28.3 Å². The van der Waals surface area contributed by atoms with Crippen LogP contribution in [-0.2, 0) is 14.3 Å². The smallest absolute Gasteiger partial charge is 0.350 e. The molecule has 11 heteroatoms. The summed E-state index contributed by atoms with van der Waals surface area (Å²) in [6, 6.07) is 3.77. The first kappa shape index (κ1) is 21.8. The van der Waals surface area contributed by atoms with Crippen LogP contribution in [0, 0.1) is 6.92 Å². The second kappa shape index (κ2) is 9.37. The molecule has 2 amide bonds. The molecule has 4 rings (SSSR count). The van der Waals surface area contributed by atoms with Crippen LogP contribution in [-0.4, -0.2) is 36.2 Å². The van der Waals surface area contributed by atoms with E-state index in [4.69, 9.17) is 13.9 Å². The molecule has 32 heavy (non-hydrogen) atoms. The van der Waals surface area contributed by atoms with E-state index in [0.717, 1.165) is 10.6 Å². The van der Waals surface area contributed by atoms with E-state index in [0.29, 0.717) is 16.3 Å². The number of amides is 2. The molecule has 0 saturated heterocycles. The van der Waals surface area contributed by atoms with Crippen LogP contribution < -0.4 is 10.6 Å². The van der Waals surface area contributed by atoms with Crippen LogP contribution in [0.15, 0.2) is 50.9 Å². The molecule has 0 spiro atoms. The van der Waals surface area contributed by atoms with Crippen LogP contribution in [0.1, 0.15) is 34.1 Å². The quantitative estimate of drug-likeness (QED) is 0.501. The first-order valence-corrected chi connectivity index (χ1v) is 11.4. The van der Waals surface area contributed by atoms with Gasteiger partial charge in [0.05, 0.1) is 29.8 Å². The Bertz CT molecular complexity index is 1160. The fraction of sp³-hybridized carbons (Fsp3) is 0.238. The summed E-state index contributed by atoms with van der Waals surface area (Å²) in [6.45, 7) is 3.21. The van der Waals surface area contributed by atoms with E-state index >= 15 is 0 Å². The average molecular weight is 474 g/mol. The maximum Gasteiger partial charge on any atom is 0.350 e. The van der Waals surface area contributed by atoms with Crippen molar-refractivity contribution in [3.05, 3.63) is 62.8 Å². The largest absolute Gasteiger partial charge is 0.467 e. The number of thiazole rings is 1. The van der Waals surface area contributed by atoms with Gasteiger partial charge in [0, 0.05) is 10.9 Å². The SMILES string of the molecule is CCOC(=O)C1=C(COC(=O)c2sc(-c3ccsc3)nc2C)NC(=O)NC1c1ccco1. The van der Waals surface area contributed by atoms with Gasteiger partial charge < -0.3 is 24.5 Å². The van der Waals surface area contributed by atoms with Gasteiger partial charge in [0.15, 0.2) is 0 Å². The number of carbonyl (C=O) groups excluding carboxylic acids is 3. The third-order valence-corrected chi connectivity index (χ3v) is 6.44. The zero-order valence-corrected chi connectivity index (χ0v) is 18.8. The Morgan fingerprint density at radius 1 is 1.25 bits per heavy atom. The number of esters is 2. The monoisotopic (exact) mass is 473 g/mol. The molecule has 2 N–H and O–H groups in total. The lowest BCUT2D eigenvalue weighted by molar-refractivity contribution is -0.139. The number of rotatable bonds is 7. The molecule has 1 unspecified atom stereocenters. The molecule has 9 nitrogen and oxygen atoms in total. The number of nitrogens with one attached hydrogen (secondary N) is 2. The van der Waals surface area contributed by atoms with E-state index in [1.807, 2.05) is 16.8 Å². The molecular weight excluding hydrogens is 454 g/mol. The minimum absolute atomic E-state index is 0.106. The van der Waals surface area contributed by atoms with E-state index in [2.05, 4.69) is 15.6 Å². The highest BCUT2D eigenvalue weighted by atomic mass is 32.1. The number of thiophene rings is 1. The lowest BCUT2D eigenvalue weighted by Crippen LogP contribution is -2.47. The van der Waals surface area contributed by atoms with Gasteiger partial charge in [-0.2, -0.15) is 11.3 Å². The second-order valence-corrected chi connectivity index (χ2v) is 8.46. The normalized spacial score (nSPS) is 15.8. The van der Waals surface area contributed by atoms with Gasteiger partial charge in [-0.1, -0.05) is 0 Å². The molecule has 0 fully saturated rings. The predicted octanol–water partition coefficient (Wildman–Crippen LogP) is 3.80. The highest BCUT2D eigenvalue weighted by molar-refractivity contribution is 7.17. The van der Waals surface area contributed by atoms with Gasteiger partial charge in [0.2, 0.25) is 0 Å². The summed E-state index contributed by atoms with van der Waals surface area (Å²) in [7, 11) is 0. The number of hydrogen-bond donors (Lipinski definition) is 2. The van der Waals surface area contributed by atoms with E-state index in [-0.39, 0.29) is 24.5 Å². The molecule has 0 aliphatic carbocycles. The molecule has 3 aromatic heterocycles. The fourth-order valence-corrected chi connectivity index (χ4v) is 4.82. The van der Waals surface area contributed by atoms with Gasteiger partial charge in [0.1, 0.15) is 28.3 Å². The van der Waals surface area contributed by atoms with Crippen molar-refractivity contribution in [2.24, 2.45) is 0 Å². The maximum absolute atomic E-state index is 12.8. The summed E-state index contributed by atoms with van der Waals surface area (Å²) in [6.07, 6.45) is 1.43. The number of ether oxygens (including phenoxy) is 2. The fourth-order valence-electron chi connectivity index (χ4n) is 3.15. The van der Waals surface area contributed by atoms with Crippen molar-refractivity contribution in [2.45, 2.75) is 19.9 Å². The van der Waals surface area contributed by atoms with Gasteiger partial charge in [-0.3, -0.25) is 0 Å². The van der Waals surface area contributed by atoms with E-state index in [9.17, 15) is 14.4 Å². The van der Waals surface area contributed by atoms with Crippen LogP contribution in [0.4, 0.5) is 4.79 Å². The Labute approximate surface area is 191 Å². The van der Waals surface area contributed by atoms with Crippen LogP contribution in [0.2, 0.25) is 0 Å². The first-order chi connectivity index (χ1) is 15.5. The molecule has 1 atom stereocenters. The second-order valence-electron chi connectivity index (χ2n) is 6.68. The zero-order valence-electron chi connectivity index (χ0n) is 17.2. The summed E-state index contributed by atoms with van der Waals surface area (Å²) < 4.78 is 16.0. The third kappa shape index (κ3) is 4.43. The van der Waals surface area contributed by atoms with E-state index in [1.54, 1.807) is 26.0 Å². The van der Waals surface area contributed by atoms with Gasteiger partial charge >= 0.3 is 18.0 Å². The van der Waals surface area contributed by atoms with E-state index in [1.165, 1.54) is 28.9 Å². The summed E-state index contributed by atoms with van der Waals surface area (Å²) in [5.74, 6) is -0.897. The van der Waals surface area contributed by atoms with Crippen molar-refractivity contribution in [1.82, 2.24) is 15.6 Å². The topological polar surface area (TPSA) is 120 Å². The maximum atomic E-state index is 12.8. The lowest BCUT2D eigenvalue weighted by Gasteiger charge is -2.27. The highest BCUT2D eigenvalue weighted by Crippen LogP contribution is 2.31. The summed E-state index contributed by atoms with van der Waals surface area (Å²) in [5.41, 5.74) is 1.71. The van der Waals surface area contributed by atoms with Crippen molar-refractivity contribution in [3.8, 4) is 10.6 Å². The summed E-state index contributed by atoms with van der Waals surface area (Å²) in [5, 5.41) is 9.78. The zero-order chi connectivity index (χ0) is 22.7. The summed E-state index contributed by atoms with van der Waals surface area (Å²) >= 11 is 2.76. The van der Waals surface area contributed by atoms with E-state index < -0.39 is 24.0 Å². The van der Waals surface area contributed by atoms with Gasteiger partial charge in [-0.15, -0.1) is 11.3 Å². The molecule has 0 bridgehead atoms. The Hall–Kier alpha value is -3.44. The standard InChI is InChI=1S/C21H19N3O6S2/c1-3-28-19(25)15-13(23-21(27)24-16(15)14-5-4-7-29-14)9-30-20(26)17-11(2)22-18(32-17)12-6-8-31-10-12/h4-8,10,16H,3,9H2,1-2H3,(H2,23,24,27). The molecule has 0 aromatic carbocycles. The van der Waals surface area contributed by atoms with Gasteiger partial charge in [0.25, 0.3) is 0 Å². The minimum Gasteiger partial charge on any atom is -0.467 e. The molecule has 3 aromatic rings. The Kier molecular flexibility index (Phi) is 6.37. The Balaban J connectivity index is 1.59. The molecule has 1 aliphatic rings. The van der Waals surface area contributed by atoms with Crippen molar-refractivity contribution in [3.63, 3.8) is 0 Å². The highest BCUT2D eigenvalue weighted by Gasteiger charge is 2.36. The number of carbonyl (C=O) groups is 3. The average Bonchev–Trinajstić information content (AvgIpc) is 3.53. The van der Waals surface area contributed by atoms with Crippen molar-refractivity contribution >= 4 is 40.6 Å². The van der Waals surface area contributed by atoms with Crippen LogP contribution >= 0.6 is 22.7 Å². The van der Waals surface area contributed by atoms with Crippen LogP contribution in [0.3, 0.4) is 0 Å². The number of urea groups is 1. The predicted molar refractivity (Wildman–Crippen MR) is 117 cm³/mol. The first-order valence-electron chi connectivity index (χ1n) is 9.66.